The quantitative estimate of drug-likeness (QED) is 0.0287. The van der Waals surface area contributed by atoms with E-state index in [0.29, 0.717) is 23.0 Å². The lowest BCUT2D eigenvalue weighted by atomic mass is 9.67. The molecule has 1 unspecified atom stereocenters. The third kappa shape index (κ3) is 8.47. The lowest BCUT2D eigenvalue weighted by molar-refractivity contribution is -0.130. The highest BCUT2D eigenvalue weighted by atomic mass is 16.6. The Morgan fingerprint density at radius 1 is 0.385 bits per heavy atom. The highest BCUT2D eigenvalue weighted by molar-refractivity contribution is 5.94. The molecule has 0 aromatic heterocycles. The summed E-state index contributed by atoms with van der Waals surface area (Å²) in [6.45, 7) is 7.12. The molecule has 0 saturated heterocycles. The van der Waals surface area contributed by atoms with Crippen LogP contribution in [0.5, 0.6) is 23.0 Å². The second kappa shape index (κ2) is 20.2. The molecule has 1 N–H and O–H groups in total. The van der Waals surface area contributed by atoms with E-state index in [2.05, 4.69) is 122 Å². The van der Waals surface area contributed by atoms with Gasteiger partial charge in [0.1, 0.15) is 23.0 Å². The van der Waals surface area contributed by atoms with E-state index in [9.17, 15) is 19.5 Å². The predicted octanol–water partition coefficient (Wildman–Crippen LogP) is 14.3. The Hall–Kier alpha value is -10.2. The van der Waals surface area contributed by atoms with Crippen molar-refractivity contribution in [2.45, 2.75) is 17.1 Å². The lowest BCUT2D eigenvalue weighted by Gasteiger charge is -2.34. The Kier molecular flexibility index (Phi) is 12.6. The number of benzene rings is 10. The van der Waals surface area contributed by atoms with E-state index >= 15 is 0 Å². The highest BCUT2D eigenvalue weighted by Crippen LogP contribution is 2.58. The summed E-state index contributed by atoms with van der Waals surface area (Å²) < 4.78 is 22.5. The second-order valence-corrected chi connectivity index (χ2v) is 19.1. The normalized spacial score (nSPS) is 13.8. The number of esters is 3. The third-order valence-electron chi connectivity index (χ3n) is 14.8. The van der Waals surface area contributed by atoms with Gasteiger partial charge in [0.15, 0.2) is 0 Å². The maximum Gasteiger partial charge on any atom is 0.336 e. The minimum Gasteiger partial charge on any atom is -0.461 e. The number of carbonyl (C=O) groups excluding carboxylic acids is 3. The first-order chi connectivity index (χ1) is 38.2. The van der Waals surface area contributed by atoms with Crippen molar-refractivity contribution >= 4 is 39.5 Å². The Balaban J connectivity index is 0.756. The summed E-state index contributed by atoms with van der Waals surface area (Å²) >= 11 is 0. The number of rotatable bonds is 14. The third-order valence-corrected chi connectivity index (χ3v) is 14.8. The largest absolute Gasteiger partial charge is 0.461 e. The van der Waals surface area contributed by atoms with Crippen molar-refractivity contribution in [2.24, 2.45) is 0 Å². The molecule has 0 amide bonds. The summed E-state index contributed by atoms with van der Waals surface area (Å²) in [5, 5.41) is 13.8. The highest BCUT2D eigenvalue weighted by Gasteiger charge is 2.47. The molecule has 2 aliphatic rings. The molecule has 0 heterocycles. The van der Waals surface area contributed by atoms with Crippen molar-refractivity contribution in [2.75, 3.05) is 0 Å². The molecule has 1 atom stereocenters. The molecule has 8 nitrogen and oxygen atoms in total. The first kappa shape index (κ1) is 48.8. The summed E-state index contributed by atoms with van der Waals surface area (Å²) in [5.41, 5.74) is 11.9. The van der Waals surface area contributed by atoms with Gasteiger partial charge in [-0.1, -0.05) is 183 Å². The van der Waals surface area contributed by atoms with E-state index in [-0.39, 0.29) is 0 Å². The van der Waals surface area contributed by atoms with Gasteiger partial charge in [-0.05, 0) is 155 Å². The second-order valence-electron chi connectivity index (χ2n) is 19.1. The van der Waals surface area contributed by atoms with Crippen LogP contribution in [0.15, 0.2) is 268 Å². The Morgan fingerprint density at radius 3 is 1.14 bits per heavy atom. The fourth-order valence-electron chi connectivity index (χ4n) is 11.6. The van der Waals surface area contributed by atoms with Crippen molar-refractivity contribution in [3.8, 4) is 45.3 Å². The number of aliphatic hydroxyl groups excluding tert-OH is 1. The van der Waals surface area contributed by atoms with E-state index in [1.165, 1.54) is 41.5 Å². The molecule has 0 spiro atoms. The molecule has 8 heteroatoms. The Morgan fingerprint density at radius 2 is 0.718 bits per heavy atom. The van der Waals surface area contributed by atoms with Crippen LogP contribution in [0.4, 0.5) is 0 Å². The number of ether oxygens (including phenoxy) is 4. The lowest BCUT2D eigenvalue weighted by Crippen LogP contribution is -2.28. The number of hydrogen-bond donors (Lipinski definition) is 1. The minimum absolute atomic E-state index is 0.351. The minimum atomic E-state index is -1.13. The Labute approximate surface area is 450 Å². The smallest absolute Gasteiger partial charge is 0.336 e. The van der Waals surface area contributed by atoms with Crippen molar-refractivity contribution in [1.29, 1.82) is 0 Å². The zero-order valence-corrected chi connectivity index (χ0v) is 42.0. The molecular weight excluding hydrogens is 969 g/mol. The maximum absolute atomic E-state index is 13.1. The average Bonchev–Trinajstić information content (AvgIpc) is 4.15. The van der Waals surface area contributed by atoms with Crippen LogP contribution in [0.25, 0.3) is 43.8 Å². The molecule has 2 aliphatic carbocycles. The van der Waals surface area contributed by atoms with Crippen LogP contribution >= 0.6 is 0 Å². The van der Waals surface area contributed by atoms with Gasteiger partial charge in [-0.25, -0.2) is 14.4 Å². The van der Waals surface area contributed by atoms with Gasteiger partial charge < -0.3 is 24.1 Å². The number of carbonyl (C=O) groups is 3. The van der Waals surface area contributed by atoms with Gasteiger partial charge in [-0.15, -0.1) is 0 Å². The first-order valence-corrected chi connectivity index (χ1v) is 25.5. The van der Waals surface area contributed by atoms with E-state index in [4.69, 9.17) is 18.9 Å². The van der Waals surface area contributed by atoms with E-state index in [0.717, 1.165) is 83.3 Å². The van der Waals surface area contributed by atoms with Crippen molar-refractivity contribution in [3.63, 3.8) is 0 Å². The van der Waals surface area contributed by atoms with Gasteiger partial charge in [0.05, 0.1) is 10.8 Å². The zero-order chi connectivity index (χ0) is 53.4. The van der Waals surface area contributed by atoms with E-state index in [1.807, 2.05) is 84.9 Å². The van der Waals surface area contributed by atoms with Crippen LogP contribution in [0.1, 0.15) is 44.5 Å². The van der Waals surface area contributed by atoms with Crippen molar-refractivity contribution in [1.82, 2.24) is 0 Å². The monoisotopic (exact) mass is 1020 g/mol. The molecule has 10 aromatic carbocycles. The topological polar surface area (TPSA) is 108 Å². The standard InChI is InChI=1S/C70H48O8/c1-3-65(71)75-53-37-31-49(32-38-53)69(61-19-9-5-15-57(61)58-16-6-10-20-62(58)69)50-33-39-54(40-34-50)76-67(73)23-13-14-24-68(74)78-56-36-28-46-42-52(30-26-48(46)44-56)70(63-21-11-7-17-59(63)60-18-8-12-22-64(60)70)51-29-25-47-43-55(77-66(72)4-2)35-27-45(47)41-51/h3-44,65,71H,1-2H2/b23-13+,24-14-. The van der Waals surface area contributed by atoms with Crippen molar-refractivity contribution in [3.05, 3.63) is 313 Å². The fourth-order valence-corrected chi connectivity index (χ4v) is 11.6. The molecule has 0 aliphatic heterocycles. The number of fused-ring (bicyclic) bond motifs is 8. The molecule has 376 valence electrons. The number of aliphatic hydroxyl groups is 1. The maximum atomic E-state index is 13.1. The summed E-state index contributed by atoms with van der Waals surface area (Å²) in [6, 6.07) is 73.0. The first-order valence-electron chi connectivity index (χ1n) is 25.5. The number of hydrogen-bond acceptors (Lipinski definition) is 8. The summed E-state index contributed by atoms with van der Waals surface area (Å²) in [4.78, 5) is 38.2. The molecule has 0 fully saturated rings. The van der Waals surface area contributed by atoms with Crippen LogP contribution in [-0.4, -0.2) is 29.3 Å². The van der Waals surface area contributed by atoms with Gasteiger partial charge in [0, 0.05) is 18.2 Å². The summed E-state index contributed by atoms with van der Waals surface area (Å²) in [6.07, 6.45) is 6.71. The van der Waals surface area contributed by atoms with Gasteiger partial charge in [0.25, 0.3) is 0 Å². The summed E-state index contributed by atoms with van der Waals surface area (Å²) in [5.74, 6) is -0.0690. The molecule has 12 rings (SSSR count). The van der Waals surface area contributed by atoms with Gasteiger partial charge in [-0.3, -0.25) is 0 Å². The summed E-state index contributed by atoms with van der Waals surface area (Å²) in [7, 11) is 0. The molecule has 78 heavy (non-hydrogen) atoms. The average molecular weight is 1020 g/mol. The van der Waals surface area contributed by atoms with Crippen LogP contribution in [0.2, 0.25) is 0 Å². The van der Waals surface area contributed by atoms with Crippen LogP contribution in [-0.2, 0) is 25.2 Å². The van der Waals surface area contributed by atoms with Crippen LogP contribution < -0.4 is 18.9 Å². The fraction of sp³-hybridized carbons (Fsp3) is 0.0429. The SMILES string of the molecule is C=CC(=O)Oc1ccc2cc(C3(c4ccc5cc(OC(=O)/C=C\C=C\C(=O)Oc6ccc(C7(c8ccc(OC(O)C=C)cc8)c8ccccc8-c8ccccc87)cc6)ccc5c4)c4ccccc4-c4ccccc43)ccc2c1. The van der Waals surface area contributed by atoms with Crippen LogP contribution in [0, 0.1) is 0 Å². The number of allylic oxidation sites excluding steroid dienone is 2. The predicted molar refractivity (Wildman–Crippen MR) is 305 cm³/mol. The molecule has 10 aromatic rings. The van der Waals surface area contributed by atoms with E-state index < -0.39 is 35.0 Å². The van der Waals surface area contributed by atoms with E-state index in [1.54, 1.807) is 24.3 Å². The molecular formula is C70H48O8. The zero-order valence-electron chi connectivity index (χ0n) is 42.0. The van der Waals surface area contributed by atoms with Gasteiger partial charge in [0.2, 0.25) is 6.29 Å². The van der Waals surface area contributed by atoms with Crippen LogP contribution in [0.3, 0.4) is 0 Å². The molecule has 0 bridgehead atoms. The van der Waals surface area contributed by atoms with Crippen molar-refractivity contribution < 1.29 is 38.4 Å². The van der Waals surface area contributed by atoms with Gasteiger partial charge in [-0.2, -0.15) is 0 Å². The van der Waals surface area contributed by atoms with Gasteiger partial charge >= 0.3 is 17.9 Å². The Bertz CT molecular complexity index is 4020. The molecule has 0 saturated carbocycles. The molecule has 0 radical (unpaired) electrons.